The number of morpholine rings is 1. The van der Waals surface area contributed by atoms with Crippen LogP contribution < -0.4 is 5.43 Å². The number of rotatable bonds is 8. The number of nitrogens with one attached hydrogen (secondary N) is 1. The summed E-state index contributed by atoms with van der Waals surface area (Å²) in [6.07, 6.45) is -0.851. The van der Waals surface area contributed by atoms with Crippen molar-refractivity contribution in [3.05, 3.63) is 71.0 Å². The van der Waals surface area contributed by atoms with Crippen LogP contribution in [0.2, 0.25) is 0 Å². The monoisotopic (exact) mass is 528 g/mol. The first kappa shape index (κ1) is 27.2. The Hall–Kier alpha value is -2.40. The van der Waals surface area contributed by atoms with Crippen LogP contribution in [-0.4, -0.2) is 66.9 Å². The van der Waals surface area contributed by atoms with Gasteiger partial charge < -0.3 is 23.7 Å². The van der Waals surface area contributed by atoms with Crippen molar-refractivity contribution in [3.63, 3.8) is 0 Å². The number of hydrogen-bond donors (Lipinski definition) is 1. The molecule has 0 radical (unpaired) electrons. The van der Waals surface area contributed by atoms with Crippen LogP contribution in [0.4, 0.5) is 4.39 Å². The lowest BCUT2D eigenvalue weighted by Crippen LogP contribution is -2.63. The van der Waals surface area contributed by atoms with Crippen molar-refractivity contribution < 1.29 is 32.9 Å². The lowest BCUT2D eigenvalue weighted by Gasteiger charge is -2.44. The van der Waals surface area contributed by atoms with Crippen LogP contribution >= 0.6 is 0 Å². The molecular formula is C29H37FN2O6. The van der Waals surface area contributed by atoms with E-state index in [9.17, 15) is 9.18 Å². The number of hydrogen-bond acceptors (Lipinski definition) is 7. The number of fused-ring (bicyclic) bond motifs is 1. The quantitative estimate of drug-likeness (QED) is 0.561. The zero-order valence-corrected chi connectivity index (χ0v) is 22.3. The van der Waals surface area contributed by atoms with Gasteiger partial charge in [0.2, 0.25) is 0 Å². The van der Waals surface area contributed by atoms with Gasteiger partial charge in [-0.25, -0.2) is 9.40 Å². The van der Waals surface area contributed by atoms with Crippen molar-refractivity contribution in [1.29, 1.82) is 0 Å². The van der Waals surface area contributed by atoms with Crippen LogP contribution in [0, 0.1) is 12.7 Å². The maximum atomic E-state index is 14.4. The molecule has 8 nitrogen and oxygen atoms in total. The minimum absolute atomic E-state index is 0.0450. The number of halogens is 1. The van der Waals surface area contributed by atoms with Crippen LogP contribution in [0.5, 0.6) is 0 Å². The van der Waals surface area contributed by atoms with Gasteiger partial charge in [-0.15, -0.1) is 0 Å². The van der Waals surface area contributed by atoms with Crippen molar-refractivity contribution in [2.75, 3.05) is 26.3 Å². The zero-order valence-electron chi connectivity index (χ0n) is 22.3. The molecule has 4 atom stereocenters. The van der Waals surface area contributed by atoms with Crippen molar-refractivity contribution in [1.82, 2.24) is 10.4 Å². The van der Waals surface area contributed by atoms with Crippen LogP contribution in [0.1, 0.15) is 43.4 Å². The van der Waals surface area contributed by atoms with E-state index in [4.69, 9.17) is 23.7 Å². The van der Waals surface area contributed by atoms with Gasteiger partial charge in [0, 0.05) is 31.5 Å². The summed E-state index contributed by atoms with van der Waals surface area (Å²) in [6, 6.07) is 14.5. The second-order valence-electron chi connectivity index (χ2n) is 10.8. The smallest absolute Gasteiger partial charge is 0.266 e. The lowest BCUT2D eigenvalue weighted by molar-refractivity contribution is -0.187. The molecule has 0 bridgehead atoms. The van der Waals surface area contributed by atoms with E-state index < -0.39 is 29.7 Å². The Kier molecular flexibility index (Phi) is 8.14. The Morgan fingerprint density at radius 1 is 1.08 bits per heavy atom. The maximum Gasteiger partial charge on any atom is 0.266 e. The van der Waals surface area contributed by atoms with Crippen LogP contribution in [0.3, 0.4) is 0 Å². The predicted molar refractivity (Wildman–Crippen MR) is 137 cm³/mol. The minimum Gasteiger partial charge on any atom is -0.379 e. The standard InChI is InChI=1S/C29H37FN2O6/c1-20-7-6-8-21(15-20)18-36-29(27(33)31-32-11-13-34-14-12-32)16-24(26-25(17-29)37-28(2,3)38-26)35-19-22-9-4-5-10-23(22)30/h4-10,15,24-26H,11-14,16-19H2,1-3H3,(H,31,33)/t24-,25-,26+,29-/m1/s1. The molecule has 3 fully saturated rings. The van der Waals surface area contributed by atoms with Gasteiger partial charge in [0.25, 0.3) is 5.91 Å². The lowest BCUT2D eigenvalue weighted by atomic mass is 9.78. The largest absolute Gasteiger partial charge is 0.379 e. The zero-order chi connectivity index (χ0) is 26.8. The van der Waals surface area contributed by atoms with Crippen molar-refractivity contribution in [2.45, 2.75) is 76.5 Å². The molecule has 2 aliphatic heterocycles. The fourth-order valence-corrected chi connectivity index (χ4v) is 5.46. The summed E-state index contributed by atoms with van der Waals surface area (Å²) in [7, 11) is 0. The molecule has 0 spiro atoms. The van der Waals surface area contributed by atoms with E-state index in [-0.39, 0.29) is 31.4 Å². The first-order valence-electron chi connectivity index (χ1n) is 13.3. The Bertz CT molecular complexity index is 1120. The van der Waals surface area contributed by atoms with Crippen molar-refractivity contribution in [3.8, 4) is 0 Å². The molecular weight excluding hydrogens is 491 g/mol. The van der Waals surface area contributed by atoms with Gasteiger partial charge in [-0.2, -0.15) is 0 Å². The number of benzene rings is 2. The first-order valence-corrected chi connectivity index (χ1v) is 13.3. The molecule has 38 heavy (non-hydrogen) atoms. The average molecular weight is 529 g/mol. The van der Waals surface area contributed by atoms with E-state index in [2.05, 4.69) is 5.43 Å². The Morgan fingerprint density at radius 2 is 1.87 bits per heavy atom. The molecule has 1 N–H and O–H groups in total. The highest BCUT2D eigenvalue weighted by Crippen LogP contribution is 2.44. The summed E-state index contributed by atoms with van der Waals surface area (Å²) in [5, 5.41) is 1.86. The third-order valence-corrected chi connectivity index (χ3v) is 7.34. The fraction of sp³-hybridized carbons (Fsp3) is 0.552. The maximum absolute atomic E-state index is 14.4. The van der Waals surface area contributed by atoms with Crippen molar-refractivity contribution >= 4 is 5.91 Å². The number of nitrogens with zero attached hydrogens (tertiary/aromatic N) is 1. The number of hydrazine groups is 1. The first-order chi connectivity index (χ1) is 18.2. The Labute approximate surface area is 223 Å². The van der Waals surface area contributed by atoms with Crippen LogP contribution in [-0.2, 0) is 41.7 Å². The summed E-state index contributed by atoms with van der Waals surface area (Å²) in [5.74, 6) is -1.43. The molecule has 0 unspecified atom stereocenters. The molecule has 0 aromatic heterocycles. The molecule has 2 saturated heterocycles. The molecule has 2 aromatic rings. The SMILES string of the molecule is Cc1cccc(CO[C@]2(C(=O)NN3CCOCC3)C[C@@H](OCc3ccccc3F)[C@@H]3OC(C)(C)O[C@@H]3C2)c1. The molecule has 5 rings (SSSR count). The summed E-state index contributed by atoms with van der Waals surface area (Å²) < 4.78 is 45.1. The highest BCUT2D eigenvalue weighted by Gasteiger charge is 2.58. The van der Waals surface area contributed by atoms with Gasteiger partial charge in [-0.1, -0.05) is 48.0 Å². The molecule has 3 aliphatic rings. The second kappa shape index (κ2) is 11.4. The number of ether oxygens (including phenoxy) is 5. The van der Waals surface area contributed by atoms with E-state index in [1.165, 1.54) is 6.07 Å². The normalized spacial score (nSPS) is 29.1. The van der Waals surface area contributed by atoms with E-state index in [0.717, 1.165) is 11.1 Å². The topological polar surface area (TPSA) is 78.5 Å². The molecule has 2 heterocycles. The van der Waals surface area contributed by atoms with Gasteiger partial charge in [0.15, 0.2) is 11.4 Å². The Balaban J connectivity index is 1.42. The summed E-state index contributed by atoms with van der Waals surface area (Å²) in [6.45, 7) is 8.28. The molecule has 9 heteroatoms. The predicted octanol–water partition coefficient (Wildman–Crippen LogP) is 3.65. The summed E-state index contributed by atoms with van der Waals surface area (Å²) in [4.78, 5) is 14.0. The third kappa shape index (κ3) is 6.25. The fourth-order valence-electron chi connectivity index (χ4n) is 5.46. The summed E-state index contributed by atoms with van der Waals surface area (Å²) >= 11 is 0. The highest BCUT2D eigenvalue weighted by molar-refractivity contribution is 5.85. The van der Waals surface area contributed by atoms with Crippen LogP contribution in [0.15, 0.2) is 48.5 Å². The highest BCUT2D eigenvalue weighted by atomic mass is 19.1. The van der Waals surface area contributed by atoms with E-state index in [1.807, 2.05) is 50.0 Å². The van der Waals surface area contributed by atoms with Crippen molar-refractivity contribution in [2.24, 2.45) is 0 Å². The third-order valence-electron chi connectivity index (χ3n) is 7.34. The van der Waals surface area contributed by atoms with Crippen LogP contribution in [0.25, 0.3) is 0 Å². The molecule has 1 saturated carbocycles. The Morgan fingerprint density at radius 3 is 2.63 bits per heavy atom. The summed E-state index contributed by atoms with van der Waals surface area (Å²) in [5.41, 5.74) is 4.34. The minimum atomic E-state index is -1.24. The molecule has 206 valence electrons. The van der Waals surface area contributed by atoms with Gasteiger partial charge in [0.05, 0.1) is 38.6 Å². The number of amides is 1. The number of carbonyl (C=O) groups excluding carboxylic acids is 1. The van der Waals surface area contributed by atoms with E-state index in [1.54, 1.807) is 18.2 Å². The molecule has 2 aromatic carbocycles. The van der Waals surface area contributed by atoms with Gasteiger partial charge in [-0.05, 0) is 32.4 Å². The van der Waals surface area contributed by atoms with E-state index >= 15 is 0 Å². The van der Waals surface area contributed by atoms with E-state index in [0.29, 0.717) is 38.3 Å². The van der Waals surface area contributed by atoms with Gasteiger partial charge in [-0.3, -0.25) is 10.2 Å². The number of aryl methyl sites for hydroxylation is 1. The average Bonchev–Trinajstić information content (AvgIpc) is 3.21. The molecule has 1 amide bonds. The van der Waals surface area contributed by atoms with Gasteiger partial charge in [0.1, 0.15) is 11.9 Å². The molecule has 1 aliphatic carbocycles. The number of carbonyl (C=O) groups is 1. The van der Waals surface area contributed by atoms with Gasteiger partial charge >= 0.3 is 0 Å². The second-order valence-corrected chi connectivity index (χ2v) is 10.8.